The van der Waals surface area contributed by atoms with Crippen molar-refractivity contribution in [2.75, 3.05) is 12.1 Å². The summed E-state index contributed by atoms with van der Waals surface area (Å²) in [6.45, 7) is 6.47. The molecule has 0 aliphatic heterocycles. The molecule has 164 valence electrons. The number of carboxylic acids is 1. The normalized spacial score (nSPS) is 21.0. The lowest BCUT2D eigenvalue weighted by Crippen LogP contribution is -2.30. The second-order valence-corrected chi connectivity index (χ2v) is 8.96. The predicted octanol–water partition coefficient (Wildman–Crippen LogP) is 5.91. The molecule has 1 aliphatic carbocycles. The van der Waals surface area contributed by atoms with E-state index in [1.807, 2.05) is 6.07 Å². The van der Waals surface area contributed by atoms with Gasteiger partial charge in [0.25, 0.3) is 0 Å². The number of hydrogen-bond donors (Lipinski definition) is 1. The standard InChI is InChI=1S/C25H30N2O4/c1-15(2)18-11-10-16(3)14-20(18)22-19(25(29)30)12-13-21(27(4)26-31)23(22)24(28)17-8-6-5-7-9-17/h5-9,12-13,15-16,18,20H,10-11,14H2,1-4H3,(H,29,30)/t16?,18?,20-/m0/s1. The number of carboxylic acid groups (broad SMARTS) is 1. The van der Waals surface area contributed by atoms with Gasteiger partial charge < -0.3 is 5.11 Å². The Morgan fingerprint density at radius 1 is 1.10 bits per heavy atom. The van der Waals surface area contributed by atoms with Gasteiger partial charge in [0.2, 0.25) is 0 Å². The highest BCUT2D eigenvalue weighted by Gasteiger charge is 2.38. The number of carbonyl (C=O) groups is 2. The fourth-order valence-electron chi connectivity index (χ4n) is 5.00. The summed E-state index contributed by atoms with van der Waals surface area (Å²) in [4.78, 5) is 37.4. The van der Waals surface area contributed by atoms with Crippen LogP contribution in [0.5, 0.6) is 0 Å². The molecule has 0 bridgehead atoms. The largest absolute Gasteiger partial charge is 0.478 e. The molecule has 0 spiro atoms. The lowest BCUT2D eigenvalue weighted by Gasteiger charge is -2.39. The highest BCUT2D eigenvalue weighted by Crippen LogP contribution is 2.47. The summed E-state index contributed by atoms with van der Waals surface area (Å²) in [6, 6.07) is 11.8. The highest BCUT2D eigenvalue weighted by atomic mass is 16.4. The number of hydrogen-bond acceptors (Lipinski definition) is 4. The van der Waals surface area contributed by atoms with Crippen molar-refractivity contribution in [2.24, 2.45) is 23.0 Å². The van der Waals surface area contributed by atoms with E-state index < -0.39 is 5.97 Å². The Morgan fingerprint density at radius 3 is 2.35 bits per heavy atom. The monoisotopic (exact) mass is 422 g/mol. The van der Waals surface area contributed by atoms with Crippen molar-refractivity contribution in [1.82, 2.24) is 0 Å². The van der Waals surface area contributed by atoms with Gasteiger partial charge in [-0.15, -0.1) is 4.91 Å². The molecule has 6 nitrogen and oxygen atoms in total. The lowest BCUT2D eigenvalue weighted by atomic mass is 9.65. The molecule has 2 unspecified atom stereocenters. The zero-order chi connectivity index (χ0) is 22.7. The fraction of sp³-hybridized carbons (Fsp3) is 0.440. The van der Waals surface area contributed by atoms with Gasteiger partial charge in [-0.25, -0.2) is 9.80 Å². The van der Waals surface area contributed by atoms with Crippen LogP contribution in [0.4, 0.5) is 5.69 Å². The van der Waals surface area contributed by atoms with Gasteiger partial charge in [-0.2, -0.15) is 0 Å². The van der Waals surface area contributed by atoms with Crippen LogP contribution < -0.4 is 5.01 Å². The van der Waals surface area contributed by atoms with Gasteiger partial charge in [-0.1, -0.05) is 57.5 Å². The number of nitrogens with zero attached hydrogens (tertiary/aromatic N) is 2. The first kappa shape index (κ1) is 22.7. The van der Waals surface area contributed by atoms with Crippen LogP contribution in [0.3, 0.4) is 0 Å². The number of anilines is 1. The first-order chi connectivity index (χ1) is 14.8. The Morgan fingerprint density at radius 2 is 1.77 bits per heavy atom. The molecule has 1 aliphatic rings. The summed E-state index contributed by atoms with van der Waals surface area (Å²) in [6.07, 6.45) is 2.87. The number of ketones is 1. The Bertz CT molecular complexity index is 971. The third-order valence-electron chi connectivity index (χ3n) is 6.58. The van der Waals surface area contributed by atoms with E-state index >= 15 is 0 Å². The van der Waals surface area contributed by atoms with Gasteiger partial charge in [0.1, 0.15) is 0 Å². The molecule has 0 amide bonds. The molecule has 31 heavy (non-hydrogen) atoms. The lowest BCUT2D eigenvalue weighted by molar-refractivity contribution is 0.0692. The summed E-state index contributed by atoms with van der Waals surface area (Å²) >= 11 is 0. The minimum Gasteiger partial charge on any atom is -0.478 e. The maximum atomic E-state index is 13.7. The fourth-order valence-corrected chi connectivity index (χ4v) is 5.00. The van der Waals surface area contributed by atoms with Crippen molar-refractivity contribution in [2.45, 2.75) is 46.0 Å². The summed E-state index contributed by atoms with van der Waals surface area (Å²) < 4.78 is 0. The van der Waals surface area contributed by atoms with Crippen LogP contribution in [0.1, 0.15) is 77.8 Å². The molecule has 3 rings (SSSR count). The van der Waals surface area contributed by atoms with E-state index in [4.69, 9.17) is 0 Å². The van der Waals surface area contributed by atoms with Crippen LogP contribution in [0.15, 0.2) is 47.8 Å². The first-order valence-corrected chi connectivity index (χ1v) is 10.8. The SMILES string of the molecule is CC1CCC(C(C)C)[C@@H](c2c(C(=O)O)ccc(N(C)N=O)c2C(=O)c2ccccc2)C1. The van der Waals surface area contributed by atoms with E-state index in [0.29, 0.717) is 28.7 Å². The summed E-state index contributed by atoms with van der Waals surface area (Å²) in [5, 5.41) is 14.2. The van der Waals surface area contributed by atoms with Crippen LogP contribution in [0.2, 0.25) is 0 Å². The van der Waals surface area contributed by atoms with Crippen LogP contribution in [0.25, 0.3) is 0 Å². The molecular formula is C25H30N2O4. The third kappa shape index (κ3) is 4.53. The van der Waals surface area contributed by atoms with Crippen molar-refractivity contribution < 1.29 is 14.7 Å². The number of benzene rings is 2. The molecule has 6 heteroatoms. The quantitative estimate of drug-likeness (QED) is 0.340. The molecular weight excluding hydrogens is 392 g/mol. The summed E-state index contributed by atoms with van der Waals surface area (Å²) in [5.74, 6) is -0.425. The Labute approximate surface area is 183 Å². The molecule has 2 aromatic rings. The molecule has 0 aromatic heterocycles. The number of rotatable bonds is 7. The molecule has 2 aromatic carbocycles. The van der Waals surface area contributed by atoms with Crippen molar-refractivity contribution in [3.8, 4) is 0 Å². The minimum absolute atomic E-state index is 0.0856. The van der Waals surface area contributed by atoms with Gasteiger partial charge in [-0.05, 0) is 54.2 Å². The molecule has 1 N–H and O–H groups in total. The van der Waals surface area contributed by atoms with Crippen LogP contribution in [-0.2, 0) is 0 Å². The first-order valence-electron chi connectivity index (χ1n) is 10.8. The second kappa shape index (κ2) is 9.41. The van der Waals surface area contributed by atoms with Crippen molar-refractivity contribution >= 4 is 17.4 Å². The van der Waals surface area contributed by atoms with Crippen LogP contribution in [0, 0.1) is 22.7 Å². The van der Waals surface area contributed by atoms with E-state index in [-0.39, 0.29) is 28.7 Å². The van der Waals surface area contributed by atoms with Gasteiger partial charge in [0.05, 0.1) is 22.1 Å². The minimum atomic E-state index is -1.06. The van der Waals surface area contributed by atoms with Gasteiger partial charge >= 0.3 is 5.97 Å². The maximum absolute atomic E-state index is 13.7. The Hall–Kier alpha value is -3.02. The number of carbonyl (C=O) groups excluding carboxylic acids is 1. The van der Waals surface area contributed by atoms with Gasteiger partial charge in [-0.3, -0.25) is 4.79 Å². The van der Waals surface area contributed by atoms with Crippen molar-refractivity contribution in [3.05, 3.63) is 69.6 Å². The molecule has 0 heterocycles. The summed E-state index contributed by atoms with van der Waals surface area (Å²) in [7, 11) is 1.48. The van der Waals surface area contributed by atoms with E-state index in [0.717, 1.165) is 24.3 Å². The van der Waals surface area contributed by atoms with Crippen LogP contribution in [-0.4, -0.2) is 23.9 Å². The zero-order valence-electron chi connectivity index (χ0n) is 18.5. The predicted molar refractivity (Wildman–Crippen MR) is 122 cm³/mol. The van der Waals surface area contributed by atoms with E-state index in [1.54, 1.807) is 24.3 Å². The molecule has 3 atom stereocenters. The topological polar surface area (TPSA) is 87.0 Å². The van der Waals surface area contributed by atoms with Crippen LogP contribution >= 0.6 is 0 Å². The smallest absolute Gasteiger partial charge is 0.335 e. The Balaban J connectivity index is 2.34. The molecule has 1 fully saturated rings. The third-order valence-corrected chi connectivity index (χ3v) is 6.58. The number of aromatic carboxylic acids is 1. The van der Waals surface area contributed by atoms with Crippen molar-refractivity contribution in [1.29, 1.82) is 0 Å². The van der Waals surface area contributed by atoms with E-state index in [1.165, 1.54) is 19.2 Å². The molecule has 0 saturated heterocycles. The molecule has 1 saturated carbocycles. The highest BCUT2D eigenvalue weighted by molar-refractivity contribution is 6.15. The zero-order valence-corrected chi connectivity index (χ0v) is 18.5. The average Bonchev–Trinajstić information content (AvgIpc) is 2.77. The number of nitroso groups, excluding NO2 is 1. The van der Waals surface area contributed by atoms with Gasteiger partial charge in [0.15, 0.2) is 5.78 Å². The maximum Gasteiger partial charge on any atom is 0.335 e. The molecule has 0 radical (unpaired) electrons. The average molecular weight is 423 g/mol. The van der Waals surface area contributed by atoms with Crippen molar-refractivity contribution in [3.63, 3.8) is 0 Å². The summed E-state index contributed by atoms with van der Waals surface area (Å²) in [5.41, 5.74) is 1.74. The Kier molecular flexibility index (Phi) is 6.88. The van der Waals surface area contributed by atoms with Gasteiger partial charge in [0, 0.05) is 12.6 Å². The van der Waals surface area contributed by atoms with E-state index in [2.05, 4.69) is 26.1 Å². The van der Waals surface area contributed by atoms with E-state index in [9.17, 15) is 19.6 Å². The second-order valence-electron chi connectivity index (χ2n) is 8.96.